The Morgan fingerprint density at radius 1 is 1.05 bits per heavy atom. The van der Waals surface area contributed by atoms with Crippen LogP contribution in [0.4, 0.5) is 11.4 Å². The minimum atomic E-state index is 0.826. The van der Waals surface area contributed by atoms with Crippen molar-refractivity contribution < 1.29 is 0 Å². The molecule has 0 heterocycles. The Kier molecular flexibility index (Phi) is 4.48. The molecule has 0 aromatic heterocycles. The Bertz CT molecular complexity index is 549. The second-order valence-electron chi connectivity index (χ2n) is 4.87. The molecule has 2 aromatic carbocycles. The average molecular weight is 319 g/mol. The molecule has 0 amide bonds. The molecular weight excluding hydrogens is 300 g/mol. The number of aryl methyl sites for hydroxylation is 1. The number of nitrogens with two attached hydrogens (primary N) is 1. The Hall–Kier alpha value is -1.48. The van der Waals surface area contributed by atoms with Gasteiger partial charge in [0.05, 0.1) is 11.4 Å². The van der Waals surface area contributed by atoms with Gasteiger partial charge < -0.3 is 10.6 Å². The number of nitrogens with zero attached hydrogens (tertiary/aromatic N) is 1. The van der Waals surface area contributed by atoms with E-state index in [-0.39, 0.29) is 0 Å². The van der Waals surface area contributed by atoms with Gasteiger partial charge in [-0.3, -0.25) is 0 Å². The lowest BCUT2D eigenvalue weighted by atomic mass is 10.1. The molecule has 0 aliphatic carbocycles. The van der Waals surface area contributed by atoms with Crippen LogP contribution in [0.1, 0.15) is 16.7 Å². The molecule has 0 saturated heterocycles. The Morgan fingerprint density at radius 3 is 2.26 bits per heavy atom. The number of hydrogen-bond donors (Lipinski definition) is 1. The molecule has 19 heavy (non-hydrogen) atoms. The fourth-order valence-electron chi connectivity index (χ4n) is 2.09. The van der Waals surface area contributed by atoms with Gasteiger partial charge in [0.2, 0.25) is 0 Å². The van der Waals surface area contributed by atoms with E-state index >= 15 is 0 Å². The summed E-state index contributed by atoms with van der Waals surface area (Å²) >= 11 is 3.44. The van der Waals surface area contributed by atoms with Gasteiger partial charge in [-0.1, -0.05) is 51.8 Å². The van der Waals surface area contributed by atoms with Crippen LogP contribution in [0.2, 0.25) is 0 Å². The van der Waals surface area contributed by atoms with Crippen LogP contribution in [0.25, 0.3) is 0 Å². The summed E-state index contributed by atoms with van der Waals surface area (Å²) in [6, 6.07) is 14.8. The number of anilines is 2. The van der Waals surface area contributed by atoms with E-state index < -0.39 is 0 Å². The third kappa shape index (κ3) is 3.51. The molecule has 2 aromatic rings. The summed E-state index contributed by atoms with van der Waals surface area (Å²) < 4.78 is 0. The molecule has 0 atom stereocenters. The van der Waals surface area contributed by atoms with Crippen LogP contribution in [0.15, 0.2) is 42.5 Å². The first kappa shape index (κ1) is 13.9. The molecule has 0 bridgehead atoms. The smallest absolute Gasteiger partial charge is 0.0600 e. The van der Waals surface area contributed by atoms with E-state index in [1.807, 2.05) is 6.07 Å². The number of alkyl halides is 1. The molecule has 0 fully saturated rings. The van der Waals surface area contributed by atoms with E-state index in [1.165, 1.54) is 16.7 Å². The van der Waals surface area contributed by atoms with E-state index in [2.05, 4.69) is 71.2 Å². The first-order chi connectivity index (χ1) is 9.10. The monoisotopic (exact) mass is 318 g/mol. The van der Waals surface area contributed by atoms with Crippen molar-refractivity contribution in [2.75, 3.05) is 17.7 Å². The molecule has 0 unspecified atom stereocenters. The van der Waals surface area contributed by atoms with E-state index in [0.29, 0.717) is 0 Å². The number of halogens is 1. The highest BCUT2D eigenvalue weighted by molar-refractivity contribution is 9.08. The molecule has 100 valence electrons. The van der Waals surface area contributed by atoms with Gasteiger partial charge in [0, 0.05) is 18.9 Å². The van der Waals surface area contributed by atoms with Crippen molar-refractivity contribution in [2.24, 2.45) is 0 Å². The second kappa shape index (κ2) is 6.11. The maximum atomic E-state index is 6.11. The summed E-state index contributed by atoms with van der Waals surface area (Å²) in [5, 5.41) is 0.832. The van der Waals surface area contributed by atoms with Crippen molar-refractivity contribution >= 4 is 27.3 Å². The fraction of sp³-hybridized carbons (Fsp3) is 0.250. The van der Waals surface area contributed by atoms with Crippen molar-refractivity contribution in [2.45, 2.75) is 18.8 Å². The highest BCUT2D eigenvalue weighted by Crippen LogP contribution is 2.25. The molecule has 0 aliphatic heterocycles. The minimum absolute atomic E-state index is 0.826. The van der Waals surface area contributed by atoms with E-state index in [1.54, 1.807) is 0 Å². The van der Waals surface area contributed by atoms with Crippen LogP contribution in [0, 0.1) is 6.92 Å². The lowest BCUT2D eigenvalue weighted by Crippen LogP contribution is -2.17. The quantitative estimate of drug-likeness (QED) is 0.679. The highest BCUT2D eigenvalue weighted by atomic mass is 79.9. The Labute approximate surface area is 123 Å². The van der Waals surface area contributed by atoms with Crippen LogP contribution in [0.5, 0.6) is 0 Å². The lowest BCUT2D eigenvalue weighted by molar-refractivity contribution is 0.923. The van der Waals surface area contributed by atoms with Crippen LogP contribution < -0.4 is 10.6 Å². The zero-order valence-electron chi connectivity index (χ0n) is 11.4. The lowest BCUT2D eigenvalue weighted by Gasteiger charge is -2.21. The first-order valence-electron chi connectivity index (χ1n) is 6.31. The third-order valence-corrected chi connectivity index (χ3v) is 3.85. The van der Waals surface area contributed by atoms with Crippen LogP contribution in [-0.4, -0.2) is 7.05 Å². The van der Waals surface area contributed by atoms with Gasteiger partial charge in [-0.2, -0.15) is 0 Å². The van der Waals surface area contributed by atoms with Gasteiger partial charge in [-0.15, -0.1) is 0 Å². The molecule has 0 radical (unpaired) electrons. The zero-order chi connectivity index (χ0) is 13.8. The summed E-state index contributed by atoms with van der Waals surface area (Å²) in [6.07, 6.45) is 0. The summed E-state index contributed by atoms with van der Waals surface area (Å²) in [6.45, 7) is 2.96. The molecule has 3 heteroatoms. The van der Waals surface area contributed by atoms with Gasteiger partial charge in [0.15, 0.2) is 0 Å². The fourth-order valence-corrected chi connectivity index (χ4v) is 2.44. The average Bonchev–Trinajstić information content (AvgIpc) is 2.41. The normalized spacial score (nSPS) is 10.5. The van der Waals surface area contributed by atoms with Crippen LogP contribution in [-0.2, 0) is 11.9 Å². The predicted octanol–water partition coefficient (Wildman–Crippen LogP) is 4.11. The topological polar surface area (TPSA) is 29.3 Å². The van der Waals surface area contributed by atoms with Crippen molar-refractivity contribution in [1.29, 1.82) is 0 Å². The van der Waals surface area contributed by atoms with Crippen molar-refractivity contribution in [1.82, 2.24) is 0 Å². The van der Waals surface area contributed by atoms with Crippen molar-refractivity contribution in [3.63, 3.8) is 0 Å². The Balaban J connectivity index is 2.15. The first-order valence-corrected chi connectivity index (χ1v) is 7.43. The van der Waals surface area contributed by atoms with Crippen molar-refractivity contribution in [3.05, 3.63) is 59.2 Å². The van der Waals surface area contributed by atoms with Crippen LogP contribution >= 0.6 is 15.9 Å². The highest BCUT2D eigenvalue weighted by Gasteiger charge is 2.06. The molecule has 0 aliphatic rings. The maximum absolute atomic E-state index is 6.11. The van der Waals surface area contributed by atoms with E-state index in [0.717, 1.165) is 23.2 Å². The second-order valence-corrected chi connectivity index (χ2v) is 5.43. The number of nitrogen functional groups attached to an aromatic ring is 1. The molecule has 0 saturated carbocycles. The van der Waals surface area contributed by atoms with E-state index in [4.69, 9.17) is 5.73 Å². The summed E-state index contributed by atoms with van der Waals surface area (Å²) in [4.78, 5) is 2.18. The zero-order valence-corrected chi connectivity index (χ0v) is 12.9. The van der Waals surface area contributed by atoms with Gasteiger partial charge in [0.25, 0.3) is 0 Å². The largest absolute Gasteiger partial charge is 0.397 e. The number of hydrogen-bond acceptors (Lipinski definition) is 2. The van der Waals surface area contributed by atoms with Gasteiger partial charge in [0.1, 0.15) is 0 Å². The molecule has 2 N–H and O–H groups in total. The van der Waals surface area contributed by atoms with Crippen molar-refractivity contribution in [3.8, 4) is 0 Å². The third-order valence-electron chi connectivity index (χ3n) is 3.20. The number of benzene rings is 2. The molecule has 0 spiro atoms. The standard InChI is InChI=1S/C16H19BrN2/c1-12-3-5-13(6-4-12)11-19(2)16-8-7-14(10-17)9-15(16)18/h3-9H,10-11,18H2,1-2H3. The summed E-state index contributed by atoms with van der Waals surface area (Å²) in [7, 11) is 2.07. The van der Waals surface area contributed by atoms with Gasteiger partial charge in [-0.25, -0.2) is 0 Å². The van der Waals surface area contributed by atoms with Gasteiger partial charge in [-0.05, 0) is 30.2 Å². The number of rotatable bonds is 4. The molecule has 2 nitrogen and oxygen atoms in total. The van der Waals surface area contributed by atoms with Crippen LogP contribution in [0.3, 0.4) is 0 Å². The Morgan fingerprint density at radius 2 is 1.68 bits per heavy atom. The SMILES string of the molecule is Cc1ccc(CN(C)c2ccc(CBr)cc2N)cc1. The minimum Gasteiger partial charge on any atom is -0.397 e. The predicted molar refractivity (Wildman–Crippen MR) is 86.8 cm³/mol. The molecular formula is C16H19BrN2. The van der Waals surface area contributed by atoms with Gasteiger partial charge >= 0.3 is 0 Å². The maximum Gasteiger partial charge on any atom is 0.0600 e. The molecule has 2 rings (SSSR count). The van der Waals surface area contributed by atoms with E-state index in [9.17, 15) is 0 Å². The summed E-state index contributed by atoms with van der Waals surface area (Å²) in [5.74, 6) is 0. The summed E-state index contributed by atoms with van der Waals surface area (Å²) in [5.41, 5.74) is 11.8.